The summed E-state index contributed by atoms with van der Waals surface area (Å²) in [5.41, 5.74) is 6.40. The molecule has 1 aliphatic heterocycles. The first-order valence-corrected chi connectivity index (χ1v) is 28.6. The SMILES string of the molecule is NC(CCCCNC(=O)CN1CCN(CC(=O)O)CCN(CC(=O)O)CCN(CC(=O)O)CC1)C(=O)C[C@H](CCCCN(Cc1nccn1CC(=O)O)Cc1nccn1CC(=O)O)C(=O)NCCCC[C@H](NC(=O)N[C@@H](CCC(=O)O)C(=O)O)C(=O)O. The van der Waals surface area contributed by atoms with Crippen LogP contribution in [0.2, 0.25) is 0 Å². The minimum Gasteiger partial charge on any atom is -0.481 e. The van der Waals surface area contributed by atoms with Gasteiger partial charge in [-0.15, -0.1) is 0 Å². The zero-order chi connectivity index (χ0) is 64.4. The molecule has 1 unspecified atom stereocenters. The molecule has 0 bridgehead atoms. The molecular weight excluding hydrogens is 1150 g/mol. The summed E-state index contributed by atoms with van der Waals surface area (Å²) < 4.78 is 2.91. The summed E-state index contributed by atoms with van der Waals surface area (Å²) in [5, 5.41) is 85.3. The molecule has 4 atom stereocenters. The maximum Gasteiger partial charge on any atom is 0.326 e. The number of carboxylic acids is 8. The highest BCUT2D eigenvalue weighted by atomic mass is 16.4. The first-order valence-electron chi connectivity index (χ1n) is 28.6. The van der Waals surface area contributed by atoms with Crippen LogP contribution in [0.15, 0.2) is 24.8 Å². The lowest BCUT2D eigenvalue weighted by Crippen LogP contribution is -2.51. The zero-order valence-corrected chi connectivity index (χ0v) is 48.6. The van der Waals surface area contributed by atoms with Crippen molar-refractivity contribution in [3.8, 4) is 0 Å². The highest BCUT2D eigenvalue weighted by Crippen LogP contribution is 2.19. The summed E-state index contributed by atoms with van der Waals surface area (Å²) in [6.07, 6.45) is 6.85. The number of imidazole rings is 2. The van der Waals surface area contributed by atoms with Crippen LogP contribution in [0.3, 0.4) is 0 Å². The van der Waals surface area contributed by atoms with Crippen molar-refractivity contribution in [1.82, 2.24) is 64.9 Å². The number of amides is 4. The lowest BCUT2D eigenvalue weighted by Gasteiger charge is -2.32. The van der Waals surface area contributed by atoms with Gasteiger partial charge in [0.25, 0.3) is 0 Å². The van der Waals surface area contributed by atoms with Crippen molar-refractivity contribution in [2.45, 2.75) is 121 Å². The number of carbonyl (C=O) groups excluding carboxylic acids is 4. The fourth-order valence-electron chi connectivity index (χ4n) is 9.52. The third kappa shape index (κ3) is 31.2. The van der Waals surface area contributed by atoms with Gasteiger partial charge in [0.05, 0.1) is 45.3 Å². The number of urea groups is 1. The highest BCUT2D eigenvalue weighted by molar-refractivity contribution is 5.90. The smallest absolute Gasteiger partial charge is 0.326 e. The number of hydrogen-bond acceptors (Lipinski definition) is 20. The fourth-order valence-corrected chi connectivity index (χ4v) is 9.52. The molecular formula is C53H84N14O20. The molecule has 4 amide bonds. The molecule has 2 aromatic rings. The molecule has 0 aromatic carbocycles. The average molecular weight is 1240 g/mol. The number of aliphatic carboxylic acids is 8. The van der Waals surface area contributed by atoms with Gasteiger partial charge >= 0.3 is 53.8 Å². The predicted molar refractivity (Wildman–Crippen MR) is 303 cm³/mol. The summed E-state index contributed by atoms with van der Waals surface area (Å²) >= 11 is 0. The molecule has 1 aliphatic rings. The Kier molecular flexibility index (Phi) is 33.2. The van der Waals surface area contributed by atoms with Crippen molar-refractivity contribution < 1.29 is 98.4 Å². The molecule has 2 aromatic heterocycles. The Morgan fingerprint density at radius 2 is 0.908 bits per heavy atom. The van der Waals surface area contributed by atoms with E-state index in [4.69, 9.17) is 10.8 Å². The summed E-state index contributed by atoms with van der Waals surface area (Å²) in [7, 11) is 0. The Balaban J connectivity index is 1.66. The Hall–Kier alpha value is -8.18. The normalized spacial score (nSPS) is 15.4. The van der Waals surface area contributed by atoms with E-state index in [0.29, 0.717) is 43.9 Å². The van der Waals surface area contributed by atoms with E-state index in [1.165, 1.54) is 33.9 Å². The van der Waals surface area contributed by atoms with Crippen LogP contribution in [0, 0.1) is 5.92 Å². The second-order valence-electron chi connectivity index (χ2n) is 21.2. The van der Waals surface area contributed by atoms with E-state index < -0.39 is 102 Å². The van der Waals surface area contributed by atoms with Crippen LogP contribution in [0.5, 0.6) is 0 Å². The van der Waals surface area contributed by atoms with Gasteiger partial charge in [-0.2, -0.15) is 0 Å². The number of ketones is 1. The molecule has 0 saturated carbocycles. The third-order valence-corrected chi connectivity index (χ3v) is 14.2. The zero-order valence-electron chi connectivity index (χ0n) is 48.6. The standard InChI is InChI=1S/C53H84N14O20/c54-37(8-1-4-12-57-43(69)30-61-19-21-62(31-45(72)73)23-25-64(33-47(76)77)26-24-63(22-20-61)32-46(74)75)40(68)27-36(50(82)58-13-5-2-9-38(51(83)84)59-53(87)60-39(52(85)86)10-11-44(70)71)7-3-6-16-65(28-41-55-14-17-66(41)34-48(78)79)29-42-56-15-18-67(42)35-49(80)81/h14-15,17-18,36-39H,1-13,16,19-35,54H2,(H,57,69)(H,58,82)(H,70,71)(H,72,73)(H,74,75)(H,76,77)(H,78,79)(H,80,81)(H,83,84)(H,85,86)(H2,59,60,87)/t36-,37?,38-,39-/m0/s1. The maximum atomic E-state index is 13.9. The molecule has 34 nitrogen and oxygen atoms in total. The van der Waals surface area contributed by atoms with Crippen molar-refractivity contribution in [3.05, 3.63) is 36.4 Å². The van der Waals surface area contributed by atoms with Gasteiger partial charge in [0, 0.05) is 109 Å². The molecule has 87 heavy (non-hydrogen) atoms. The van der Waals surface area contributed by atoms with Crippen LogP contribution in [0.25, 0.3) is 0 Å². The van der Waals surface area contributed by atoms with E-state index in [1.54, 1.807) is 19.6 Å². The molecule has 0 radical (unpaired) electrons. The van der Waals surface area contributed by atoms with Crippen molar-refractivity contribution in [1.29, 1.82) is 0 Å². The van der Waals surface area contributed by atoms with Gasteiger partial charge < -0.3 is 77.0 Å². The van der Waals surface area contributed by atoms with Crippen LogP contribution in [0.1, 0.15) is 88.7 Å². The number of hydrogen-bond donors (Lipinski definition) is 13. The number of rotatable bonds is 42. The summed E-state index contributed by atoms with van der Waals surface area (Å²) in [6.45, 7) is 0.842. The van der Waals surface area contributed by atoms with E-state index in [2.05, 4.69) is 31.2 Å². The summed E-state index contributed by atoms with van der Waals surface area (Å²) in [5.74, 6) is -11.1. The van der Waals surface area contributed by atoms with Crippen molar-refractivity contribution in [2.24, 2.45) is 11.7 Å². The van der Waals surface area contributed by atoms with Crippen molar-refractivity contribution >= 4 is 71.4 Å². The van der Waals surface area contributed by atoms with Crippen LogP contribution in [-0.4, -0.2) is 272 Å². The minimum absolute atomic E-state index is 0.0228. The van der Waals surface area contributed by atoms with E-state index in [-0.39, 0.29) is 162 Å². The summed E-state index contributed by atoms with van der Waals surface area (Å²) in [4.78, 5) is 163. The molecule has 3 heterocycles. The van der Waals surface area contributed by atoms with E-state index in [1.807, 2.05) is 4.90 Å². The highest BCUT2D eigenvalue weighted by Gasteiger charge is 2.28. The number of nitrogens with two attached hydrogens (primary N) is 1. The molecule has 0 spiro atoms. The van der Waals surface area contributed by atoms with Gasteiger partial charge in [-0.3, -0.25) is 67.7 Å². The molecule has 1 saturated heterocycles. The number of aromatic nitrogens is 4. The van der Waals surface area contributed by atoms with Gasteiger partial charge in [0.2, 0.25) is 11.8 Å². The lowest BCUT2D eigenvalue weighted by molar-refractivity contribution is -0.141. The van der Waals surface area contributed by atoms with Gasteiger partial charge in [-0.25, -0.2) is 24.4 Å². The monoisotopic (exact) mass is 1240 g/mol. The van der Waals surface area contributed by atoms with Gasteiger partial charge in [-0.05, 0) is 64.3 Å². The van der Waals surface area contributed by atoms with E-state index in [9.17, 15) is 93.3 Å². The largest absolute Gasteiger partial charge is 0.481 e. The van der Waals surface area contributed by atoms with Crippen LogP contribution < -0.4 is 27.0 Å². The molecule has 1 fully saturated rings. The average Bonchev–Trinajstić information content (AvgIpc) is 4.21. The number of nitrogens with one attached hydrogen (secondary N) is 4. The fraction of sp³-hybridized carbons (Fsp3) is 0.660. The number of unbranched alkanes of at least 4 members (excludes halogenated alkanes) is 3. The Morgan fingerprint density at radius 1 is 0.494 bits per heavy atom. The molecule has 486 valence electrons. The van der Waals surface area contributed by atoms with Crippen molar-refractivity contribution in [3.63, 3.8) is 0 Å². The number of Topliss-reactive ketones (excluding diaryl/α,β-unsaturated/α-hetero) is 1. The predicted octanol–water partition coefficient (Wildman–Crippen LogP) is -2.56. The topological polar surface area (TPSA) is 493 Å². The third-order valence-electron chi connectivity index (χ3n) is 14.2. The van der Waals surface area contributed by atoms with Gasteiger partial charge in [0.15, 0.2) is 0 Å². The summed E-state index contributed by atoms with van der Waals surface area (Å²) in [6, 6.07) is -5.22. The lowest BCUT2D eigenvalue weighted by atomic mass is 9.91. The number of carboxylic acid groups (broad SMARTS) is 8. The minimum atomic E-state index is -1.60. The number of carbonyl (C=O) groups is 12. The second-order valence-corrected chi connectivity index (χ2v) is 21.2. The van der Waals surface area contributed by atoms with E-state index >= 15 is 0 Å². The quantitative estimate of drug-likeness (QED) is 0.0304. The maximum absolute atomic E-state index is 13.9. The van der Waals surface area contributed by atoms with Crippen LogP contribution in [-0.2, 0) is 78.9 Å². The van der Waals surface area contributed by atoms with Crippen LogP contribution >= 0.6 is 0 Å². The first-order chi connectivity index (χ1) is 41.3. The Labute approximate surface area is 501 Å². The van der Waals surface area contributed by atoms with Gasteiger partial charge in [0.1, 0.15) is 42.6 Å². The van der Waals surface area contributed by atoms with E-state index in [0.717, 1.165) is 0 Å². The molecule has 0 aliphatic carbocycles. The van der Waals surface area contributed by atoms with Crippen LogP contribution in [0.4, 0.5) is 4.79 Å². The Morgan fingerprint density at radius 3 is 1.34 bits per heavy atom. The molecule has 3 rings (SSSR count). The number of nitrogens with zero attached hydrogens (tertiary/aromatic N) is 9. The van der Waals surface area contributed by atoms with Gasteiger partial charge in [-0.1, -0.05) is 6.42 Å². The Bertz CT molecular complexity index is 2510. The molecule has 34 heteroatoms. The second kappa shape index (κ2) is 39.5. The molecule has 14 N–H and O–H groups in total. The first kappa shape index (κ1) is 73.1. The van der Waals surface area contributed by atoms with Crippen molar-refractivity contribution in [2.75, 3.05) is 98.2 Å².